The van der Waals surface area contributed by atoms with Crippen LogP contribution in [0.1, 0.15) is 12.5 Å². The van der Waals surface area contributed by atoms with Gasteiger partial charge in [0.1, 0.15) is 0 Å². The highest BCUT2D eigenvalue weighted by atomic mass is 16.5. The molecule has 2 rings (SSSR count). The van der Waals surface area contributed by atoms with Gasteiger partial charge in [-0.1, -0.05) is 6.92 Å². The van der Waals surface area contributed by atoms with Gasteiger partial charge in [0.15, 0.2) is 11.6 Å². The number of fused-ring (bicyclic) bond motifs is 1. The first-order valence-electron chi connectivity index (χ1n) is 4.96. The molecule has 0 spiro atoms. The number of carbonyl (C=O) groups excluding carboxylic acids is 1. The molecule has 0 bridgehead atoms. The second kappa shape index (κ2) is 3.53. The SMILES string of the molecule is Cc1cnc2c(c1)OCC(C)C(=O)N2C. The first-order valence-corrected chi connectivity index (χ1v) is 4.96. The Bertz CT molecular complexity index is 404. The Hall–Kier alpha value is -1.58. The molecule has 0 saturated heterocycles. The lowest BCUT2D eigenvalue weighted by atomic mass is 10.2. The number of anilines is 1. The Morgan fingerprint density at radius 3 is 3.07 bits per heavy atom. The van der Waals surface area contributed by atoms with Gasteiger partial charge in [-0.3, -0.25) is 9.69 Å². The molecule has 4 heteroatoms. The van der Waals surface area contributed by atoms with Crippen LogP contribution < -0.4 is 9.64 Å². The van der Waals surface area contributed by atoms with E-state index in [4.69, 9.17) is 4.74 Å². The van der Waals surface area contributed by atoms with E-state index in [2.05, 4.69) is 4.98 Å². The van der Waals surface area contributed by atoms with Gasteiger partial charge in [0.05, 0.1) is 12.5 Å². The molecule has 0 aromatic carbocycles. The maximum absolute atomic E-state index is 11.8. The molecule has 1 aromatic rings. The zero-order valence-corrected chi connectivity index (χ0v) is 9.15. The molecule has 1 aromatic heterocycles. The lowest BCUT2D eigenvalue weighted by Gasteiger charge is -2.16. The van der Waals surface area contributed by atoms with E-state index in [9.17, 15) is 4.79 Å². The molecule has 4 nitrogen and oxygen atoms in total. The quantitative estimate of drug-likeness (QED) is 0.644. The number of aryl methyl sites for hydroxylation is 1. The average Bonchev–Trinajstić information content (AvgIpc) is 2.32. The largest absolute Gasteiger partial charge is 0.489 e. The van der Waals surface area contributed by atoms with Crippen LogP contribution in [0.3, 0.4) is 0 Å². The van der Waals surface area contributed by atoms with E-state index < -0.39 is 0 Å². The fourth-order valence-corrected chi connectivity index (χ4v) is 1.61. The predicted molar refractivity (Wildman–Crippen MR) is 57.0 cm³/mol. The number of pyridine rings is 1. The summed E-state index contributed by atoms with van der Waals surface area (Å²) in [5.41, 5.74) is 1.03. The molecule has 80 valence electrons. The molecule has 0 aliphatic carbocycles. The maximum atomic E-state index is 11.8. The predicted octanol–water partition coefficient (Wildman–Crippen LogP) is 1.38. The highest BCUT2D eigenvalue weighted by molar-refractivity contribution is 5.95. The molecule has 0 saturated carbocycles. The Morgan fingerprint density at radius 1 is 1.60 bits per heavy atom. The van der Waals surface area contributed by atoms with Gasteiger partial charge >= 0.3 is 0 Å². The number of ether oxygens (including phenoxy) is 1. The van der Waals surface area contributed by atoms with Crippen LogP contribution in [-0.2, 0) is 4.79 Å². The Balaban J connectivity index is 2.47. The van der Waals surface area contributed by atoms with Gasteiger partial charge in [0, 0.05) is 13.2 Å². The van der Waals surface area contributed by atoms with Crippen LogP contribution in [0.5, 0.6) is 5.75 Å². The van der Waals surface area contributed by atoms with Crippen molar-refractivity contribution in [3.05, 3.63) is 17.8 Å². The monoisotopic (exact) mass is 206 g/mol. The Kier molecular flexibility index (Phi) is 2.34. The molecule has 2 heterocycles. The van der Waals surface area contributed by atoms with Crippen LogP contribution in [0.2, 0.25) is 0 Å². The van der Waals surface area contributed by atoms with Crippen molar-refractivity contribution in [2.45, 2.75) is 13.8 Å². The first-order chi connectivity index (χ1) is 7.09. The van der Waals surface area contributed by atoms with Crippen molar-refractivity contribution in [2.75, 3.05) is 18.6 Å². The van der Waals surface area contributed by atoms with E-state index in [1.54, 1.807) is 18.1 Å². The van der Waals surface area contributed by atoms with Crippen LogP contribution >= 0.6 is 0 Å². The number of nitrogens with zero attached hydrogens (tertiary/aromatic N) is 2. The molecule has 1 aliphatic heterocycles. The third-order valence-corrected chi connectivity index (χ3v) is 2.53. The number of hydrogen-bond donors (Lipinski definition) is 0. The molecule has 1 aliphatic rings. The number of rotatable bonds is 0. The van der Waals surface area contributed by atoms with Crippen LogP contribution in [0.15, 0.2) is 12.3 Å². The van der Waals surface area contributed by atoms with E-state index in [0.717, 1.165) is 5.56 Å². The number of carbonyl (C=O) groups is 1. The zero-order valence-electron chi connectivity index (χ0n) is 9.15. The van der Waals surface area contributed by atoms with Gasteiger partial charge in [0.2, 0.25) is 5.91 Å². The summed E-state index contributed by atoms with van der Waals surface area (Å²) >= 11 is 0. The second-order valence-electron chi connectivity index (χ2n) is 3.94. The Morgan fingerprint density at radius 2 is 2.33 bits per heavy atom. The summed E-state index contributed by atoms with van der Waals surface area (Å²) in [6, 6.07) is 1.91. The highest BCUT2D eigenvalue weighted by Crippen LogP contribution is 2.29. The van der Waals surface area contributed by atoms with Crippen LogP contribution in [0, 0.1) is 12.8 Å². The van der Waals surface area contributed by atoms with Gasteiger partial charge < -0.3 is 4.74 Å². The molecule has 1 atom stereocenters. The summed E-state index contributed by atoms with van der Waals surface area (Å²) in [4.78, 5) is 17.6. The topological polar surface area (TPSA) is 42.4 Å². The van der Waals surface area contributed by atoms with E-state index in [1.165, 1.54) is 0 Å². The van der Waals surface area contributed by atoms with Crippen molar-refractivity contribution in [2.24, 2.45) is 5.92 Å². The third kappa shape index (κ3) is 1.67. The van der Waals surface area contributed by atoms with E-state index in [1.807, 2.05) is 19.9 Å². The first kappa shape index (κ1) is 9.96. The van der Waals surface area contributed by atoms with Crippen LogP contribution in [-0.4, -0.2) is 24.5 Å². The molecular weight excluding hydrogens is 192 g/mol. The van der Waals surface area contributed by atoms with Crippen molar-refractivity contribution in [1.82, 2.24) is 4.98 Å². The summed E-state index contributed by atoms with van der Waals surface area (Å²) < 4.78 is 5.56. The van der Waals surface area contributed by atoms with Gasteiger partial charge in [-0.05, 0) is 18.6 Å². The standard InChI is InChI=1S/C11H14N2O2/c1-7-4-9-10(12-5-7)13(3)11(14)8(2)6-15-9/h4-5,8H,6H2,1-3H3. The van der Waals surface area contributed by atoms with Crippen molar-refractivity contribution >= 4 is 11.7 Å². The molecule has 0 N–H and O–H groups in total. The molecule has 1 unspecified atom stereocenters. The van der Waals surface area contributed by atoms with E-state index in [-0.39, 0.29) is 11.8 Å². The fourth-order valence-electron chi connectivity index (χ4n) is 1.61. The van der Waals surface area contributed by atoms with Crippen molar-refractivity contribution in [3.8, 4) is 5.75 Å². The fraction of sp³-hybridized carbons (Fsp3) is 0.455. The third-order valence-electron chi connectivity index (χ3n) is 2.53. The van der Waals surface area contributed by atoms with Gasteiger partial charge in [-0.25, -0.2) is 4.98 Å². The number of hydrogen-bond acceptors (Lipinski definition) is 3. The van der Waals surface area contributed by atoms with Crippen molar-refractivity contribution < 1.29 is 9.53 Å². The van der Waals surface area contributed by atoms with Gasteiger partial charge in [-0.2, -0.15) is 0 Å². The lowest BCUT2D eigenvalue weighted by Crippen LogP contribution is -2.32. The molecule has 0 radical (unpaired) electrons. The summed E-state index contributed by atoms with van der Waals surface area (Å²) in [6.07, 6.45) is 1.74. The minimum atomic E-state index is -0.121. The highest BCUT2D eigenvalue weighted by Gasteiger charge is 2.26. The average molecular weight is 206 g/mol. The maximum Gasteiger partial charge on any atom is 0.234 e. The second-order valence-corrected chi connectivity index (χ2v) is 3.94. The summed E-state index contributed by atoms with van der Waals surface area (Å²) in [6.45, 7) is 4.23. The summed E-state index contributed by atoms with van der Waals surface area (Å²) in [7, 11) is 1.73. The van der Waals surface area contributed by atoms with E-state index in [0.29, 0.717) is 18.2 Å². The summed E-state index contributed by atoms with van der Waals surface area (Å²) in [5, 5.41) is 0. The van der Waals surface area contributed by atoms with Crippen molar-refractivity contribution in [3.63, 3.8) is 0 Å². The van der Waals surface area contributed by atoms with Gasteiger partial charge in [0.25, 0.3) is 0 Å². The molecule has 15 heavy (non-hydrogen) atoms. The molecular formula is C11H14N2O2. The smallest absolute Gasteiger partial charge is 0.234 e. The molecule has 1 amide bonds. The van der Waals surface area contributed by atoms with E-state index >= 15 is 0 Å². The van der Waals surface area contributed by atoms with Crippen molar-refractivity contribution in [1.29, 1.82) is 0 Å². The van der Waals surface area contributed by atoms with Crippen LogP contribution in [0.25, 0.3) is 0 Å². The number of amides is 1. The minimum Gasteiger partial charge on any atom is -0.489 e. The van der Waals surface area contributed by atoms with Crippen LogP contribution in [0.4, 0.5) is 5.82 Å². The molecule has 0 fully saturated rings. The lowest BCUT2D eigenvalue weighted by molar-refractivity contribution is -0.122. The number of aromatic nitrogens is 1. The minimum absolute atomic E-state index is 0.0464. The Labute approximate surface area is 88.9 Å². The van der Waals surface area contributed by atoms with Gasteiger partial charge in [-0.15, -0.1) is 0 Å². The summed E-state index contributed by atoms with van der Waals surface area (Å²) in [5.74, 6) is 1.22. The zero-order chi connectivity index (χ0) is 11.0. The normalized spacial score (nSPS) is 20.6.